The molecule has 0 aromatic carbocycles. The van der Waals surface area contributed by atoms with Crippen molar-refractivity contribution in [3.63, 3.8) is 0 Å². The lowest BCUT2D eigenvalue weighted by molar-refractivity contribution is -0.127. The van der Waals surface area contributed by atoms with Gasteiger partial charge in [-0.05, 0) is 55.8 Å². The van der Waals surface area contributed by atoms with Crippen LogP contribution in [0.3, 0.4) is 0 Å². The maximum atomic E-state index is 12.7. The van der Waals surface area contributed by atoms with Crippen molar-refractivity contribution in [1.82, 2.24) is 25.2 Å². The van der Waals surface area contributed by atoms with Gasteiger partial charge in [-0.1, -0.05) is 13.0 Å². The van der Waals surface area contributed by atoms with Crippen LogP contribution in [0, 0.1) is 5.92 Å². The van der Waals surface area contributed by atoms with Crippen molar-refractivity contribution in [2.45, 2.75) is 51.6 Å². The Hall–Kier alpha value is -2.54. The first-order valence-corrected chi connectivity index (χ1v) is 11.2. The van der Waals surface area contributed by atoms with Gasteiger partial charge in [0.2, 0.25) is 11.9 Å². The van der Waals surface area contributed by atoms with Crippen molar-refractivity contribution < 1.29 is 4.79 Å². The fourth-order valence-corrected chi connectivity index (χ4v) is 4.51. The van der Waals surface area contributed by atoms with Crippen molar-refractivity contribution in [2.24, 2.45) is 5.92 Å². The summed E-state index contributed by atoms with van der Waals surface area (Å²) >= 11 is 0. The zero-order valence-electron chi connectivity index (χ0n) is 17.8. The Labute approximate surface area is 178 Å². The second kappa shape index (κ2) is 9.98. The lowest BCUT2D eigenvalue weighted by Crippen LogP contribution is -2.51. The van der Waals surface area contributed by atoms with E-state index in [0.717, 1.165) is 69.8 Å². The third-order valence-corrected chi connectivity index (χ3v) is 6.38. The molecule has 0 saturated carbocycles. The van der Waals surface area contributed by atoms with Crippen LogP contribution in [0.25, 0.3) is 0 Å². The van der Waals surface area contributed by atoms with Crippen LogP contribution in [0.5, 0.6) is 0 Å². The van der Waals surface area contributed by atoms with Gasteiger partial charge in [-0.2, -0.15) is 0 Å². The first kappa shape index (κ1) is 20.7. The molecule has 4 rings (SSSR count). The Bertz CT molecular complexity index is 804. The number of likely N-dealkylation sites (tertiary alicyclic amines) is 1. The highest BCUT2D eigenvalue weighted by atomic mass is 16.1. The van der Waals surface area contributed by atoms with Gasteiger partial charge in [-0.15, -0.1) is 0 Å². The highest BCUT2D eigenvalue weighted by Gasteiger charge is 2.32. The van der Waals surface area contributed by atoms with Gasteiger partial charge >= 0.3 is 0 Å². The number of carbonyl (C=O) groups excluding carboxylic acids is 1. The minimum absolute atomic E-state index is 0.0818. The number of aryl methyl sites for hydroxylation is 1. The van der Waals surface area contributed by atoms with Crippen LogP contribution in [0.1, 0.15) is 43.7 Å². The monoisotopic (exact) mass is 408 g/mol. The molecule has 2 aliphatic rings. The lowest BCUT2D eigenvalue weighted by atomic mass is 9.93. The van der Waals surface area contributed by atoms with E-state index in [2.05, 4.69) is 37.0 Å². The molecule has 30 heavy (non-hydrogen) atoms. The van der Waals surface area contributed by atoms with Crippen molar-refractivity contribution >= 4 is 11.9 Å². The van der Waals surface area contributed by atoms with E-state index in [9.17, 15) is 4.79 Å². The maximum absolute atomic E-state index is 12.7. The molecule has 160 valence electrons. The molecule has 7 heteroatoms. The number of piperidine rings is 2. The summed E-state index contributed by atoms with van der Waals surface area (Å²) in [6.07, 6.45) is 12.7. The summed E-state index contributed by atoms with van der Waals surface area (Å²) in [5, 5.41) is 3.10. The molecule has 2 saturated heterocycles. The van der Waals surface area contributed by atoms with Gasteiger partial charge in [-0.3, -0.25) is 14.7 Å². The van der Waals surface area contributed by atoms with E-state index < -0.39 is 0 Å². The highest BCUT2D eigenvalue weighted by Crippen LogP contribution is 2.25. The zero-order chi connectivity index (χ0) is 20.8. The van der Waals surface area contributed by atoms with E-state index >= 15 is 0 Å². The maximum Gasteiger partial charge on any atom is 0.225 e. The summed E-state index contributed by atoms with van der Waals surface area (Å²) in [6.45, 7) is 6.59. The average molecular weight is 409 g/mol. The normalized spacial score (nSPS) is 20.8. The van der Waals surface area contributed by atoms with Crippen LogP contribution in [0.2, 0.25) is 0 Å². The molecule has 1 N–H and O–H groups in total. The van der Waals surface area contributed by atoms with Gasteiger partial charge in [0.15, 0.2) is 0 Å². The van der Waals surface area contributed by atoms with Crippen LogP contribution in [-0.2, 0) is 17.8 Å². The first-order valence-electron chi connectivity index (χ1n) is 11.2. The number of pyridine rings is 1. The Morgan fingerprint density at radius 1 is 1.10 bits per heavy atom. The van der Waals surface area contributed by atoms with Crippen LogP contribution in [0.4, 0.5) is 5.95 Å². The standard InChI is InChI=1S/C23H32N6O/c1-2-18-14-26-23(27-15-18)28-11-7-21(8-12-28)29-10-4-6-20(17-29)22(30)25-16-19-5-3-9-24-13-19/h3,5,9,13-15,20-21H,2,4,6-8,10-12,16-17H2,1H3,(H,25,30)/t20-/m0/s1. The Morgan fingerprint density at radius 2 is 1.90 bits per heavy atom. The molecule has 0 unspecified atom stereocenters. The largest absolute Gasteiger partial charge is 0.352 e. The number of aromatic nitrogens is 3. The fourth-order valence-electron chi connectivity index (χ4n) is 4.51. The van der Waals surface area contributed by atoms with Gasteiger partial charge in [0.1, 0.15) is 0 Å². The van der Waals surface area contributed by atoms with E-state index in [0.29, 0.717) is 12.6 Å². The Balaban J connectivity index is 1.26. The first-order chi connectivity index (χ1) is 14.7. The third-order valence-electron chi connectivity index (χ3n) is 6.38. The van der Waals surface area contributed by atoms with Crippen LogP contribution < -0.4 is 10.2 Å². The highest BCUT2D eigenvalue weighted by molar-refractivity contribution is 5.78. The minimum Gasteiger partial charge on any atom is -0.352 e. The molecular weight excluding hydrogens is 376 g/mol. The summed E-state index contributed by atoms with van der Waals surface area (Å²) in [6, 6.07) is 4.44. The second-order valence-electron chi connectivity index (χ2n) is 8.38. The number of hydrogen-bond acceptors (Lipinski definition) is 6. The van der Waals surface area contributed by atoms with Crippen molar-refractivity contribution in [3.8, 4) is 0 Å². The molecular formula is C23H32N6O. The number of amides is 1. The SMILES string of the molecule is CCc1cnc(N2CCC(N3CCC[C@H](C(=O)NCc4cccnc4)C3)CC2)nc1. The Kier molecular flexibility index (Phi) is 6.89. The number of hydrogen-bond donors (Lipinski definition) is 1. The molecule has 0 bridgehead atoms. The second-order valence-corrected chi connectivity index (χ2v) is 8.38. The van der Waals surface area contributed by atoms with E-state index in [1.54, 1.807) is 12.4 Å². The number of nitrogens with one attached hydrogen (secondary N) is 1. The molecule has 2 fully saturated rings. The van der Waals surface area contributed by atoms with Crippen LogP contribution in [-0.4, -0.2) is 58.0 Å². The van der Waals surface area contributed by atoms with Gasteiger partial charge in [0.25, 0.3) is 0 Å². The topological polar surface area (TPSA) is 74.2 Å². The summed E-state index contributed by atoms with van der Waals surface area (Å²) in [5.74, 6) is 1.10. The molecule has 1 atom stereocenters. The van der Waals surface area contributed by atoms with E-state index in [1.807, 2.05) is 24.5 Å². The Morgan fingerprint density at radius 3 is 2.60 bits per heavy atom. The fraction of sp³-hybridized carbons (Fsp3) is 0.565. The van der Waals surface area contributed by atoms with Gasteiger partial charge < -0.3 is 10.2 Å². The van der Waals surface area contributed by atoms with Gasteiger partial charge in [0.05, 0.1) is 5.92 Å². The smallest absolute Gasteiger partial charge is 0.225 e. The minimum atomic E-state index is 0.0818. The summed E-state index contributed by atoms with van der Waals surface area (Å²) < 4.78 is 0. The third kappa shape index (κ3) is 5.14. The van der Waals surface area contributed by atoms with Crippen molar-refractivity contribution in [3.05, 3.63) is 48.0 Å². The average Bonchev–Trinajstić information content (AvgIpc) is 2.83. The van der Waals surface area contributed by atoms with Crippen LogP contribution in [0.15, 0.2) is 36.9 Å². The molecule has 0 spiro atoms. The van der Waals surface area contributed by atoms with E-state index in [4.69, 9.17) is 0 Å². The summed E-state index contributed by atoms with van der Waals surface area (Å²) in [5.41, 5.74) is 2.22. The zero-order valence-corrected chi connectivity index (χ0v) is 17.8. The number of anilines is 1. The molecule has 7 nitrogen and oxygen atoms in total. The summed E-state index contributed by atoms with van der Waals surface area (Å²) in [7, 11) is 0. The molecule has 2 aliphatic heterocycles. The quantitative estimate of drug-likeness (QED) is 0.791. The van der Waals surface area contributed by atoms with Gasteiger partial charge in [0, 0.05) is 57.0 Å². The van der Waals surface area contributed by atoms with E-state index in [-0.39, 0.29) is 11.8 Å². The van der Waals surface area contributed by atoms with Crippen molar-refractivity contribution in [1.29, 1.82) is 0 Å². The molecule has 4 heterocycles. The number of carbonyl (C=O) groups is 1. The number of rotatable bonds is 6. The molecule has 2 aromatic rings. The molecule has 2 aromatic heterocycles. The van der Waals surface area contributed by atoms with Crippen molar-refractivity contribution in [2.75, 3.05) is 31.1 Å². The van der Waals surface area contributed by atoms with Crippen LogP contribution >= 0.6 is 0 Å². The van der Waals surface area contributed by atoms with Gasteiger partial charge in [-0.25, -0.2) is 9.97 Å². The molecule has 0 aliphatic carbocycles. The molecule has 1 amide bonds. The lowest BCUT2D eigenvalue weighted by Gasteiger charge is -2.42. The number of nitrogens with zero attached hydrogens (tertiary/aromatic N) is 5. The molecule has 0 radical (unpaired) electrons. The summed E-state index contributed by atoms with van der Waals surface area (Å²) in [4.78, 5) is 30.7. The predicted molar refractivity (Wildman–Crippen MR) is 117 cm³/mol. The predicted octanol–water partition coefficient (Wildman–Crippen LogP) is 2.43. The van der Waals surface area contributed by atoms with E-state index in [1.165, 1.54) is 5.56 Å².